The number of aliphatic hydroxyl groups excluding tert-OH is 1. The smallest absolute Gasteiger partial charge is 0.243 e. The fraction of sp³-hybridized carbons (Fsp3) is 0.500. The van der Waals surface area contributed by atoms with Gasteiger partial charge >= 0.3 is 0 Å². The number of primary amides is 1. The fourth-order valence-electron chi connectivity index (χ4n) is 3.93. The molecule has 3 unspecified atom stereocenters. The molecule has 1 amide bonds. The number of benzene rings is 2. The van der Waals surface area contributed by atoms with Crippen LogP contribution in [0.3, 0.4) is 0 Å². The molecule has 1 fully saturated rings. The average Bonchev–Trinajstić information content (AvgIpc) is 2.71. The minimum atomic E-state index is -4.02. The Morgan fingerprint density at radius 3 is 2.57 bits per heavy atom. The summed E-state index contributed by atoms with van der Waals surface area (Å²) in [7, 11) is -4.02. The van der Waals surface area contributed by atoms with Crippen LogP contribution in [0.15, 0.2) is 47.4 Å². The number of fused-ring (bicyclic) bond motifs is 1. The number of nitrogens with zero attached hydrogens (tertiary/aromatic N) is 1. The summed E-state index contributed by atoms with van der Waals surface area (Å²) in [5, 5.41) is 12.2. The van der Waals surface area contributed by atoms with Crippen LogP contribution < -0.4 is 5.73 Å². The summed E-state index contributed by atoms with van der Waals surface area (Å²) >= 11 is 0. The summed E-state index contributed by atoms with van der Waals surface area (Å²) in [4.78, 5) is 12.6. The zero-order valence-electron chi connectivity index (χ0n) is 17.4. The number of hydrogen-bond donors (Lipinski definition) is 2. The van der Waals surface area contributed by atoms with Gasteiger partial charge in [0.15, 0.2) is 0 Å². The van der Waals surface area contributed by atoms with Gasteiger partial charge in [0, 0.05) is 19.1 Å². The molecule has 0 aliphatic carbocycles. The molecule has 3 atom stereocenters. The van der Waals surface area contributed by atoms with Crippen molar-refractivity contribution in [2.75, 3.05) is 19.8 Å². The molecule has 0 spiro atoms. The SMILES string of the molecule is CC(C)CCN(C(C(N)=O)C1CCOCC1O)S(=O)(=O)c1ccc2ccccc2c1. The Kier molecular flexibility index (Phi) is 7.13. The molecule has 164 valence electrons. The van der Waals surface area contributed by atoms with E-state index in [1.807, 2.05) is 38.1 Å². The Bertz CT molecular complexity index is 992. The van der Waals surface area contributed by atoms with E-state index in [9.17, 15) is 18.3 Å². The van der Waals surface area contributed by atoms with Crippen LogP contribution in [0.4, 0.5) is 0 Å². The van der Waals surface area contributed by atoms with Crippen molar-refractivity contribution >= 4 is 26.7 Å². The lowest BCUT2D eigenvalue weighted by atomic mass is 9.88. The van der Waals surface area contributed by atoms with Gasteiger partial charge < -0.3 is 15.6 Å². The lowest BCUT2D eigenvalue weighted by Crippen LogP contribution is -2.56. The third-order valence-corrected chi connectivity index (χ3v) is 7.52. The molecular formula is C22H30N2O5S. The van der Waals surface area contributed by atoms with Gasteiger partial charge in [-0.3, -0.25) is 4.79 Å². The molecule has 7 nitrogen and oxygen atoms in total. The zero-order chi connectivity index (χ0) is 21.9. The third kappa shape index (κ3) is 4.83. The first-order valence-corrected chi connectivity index (χ1v) is 11.7. The number of amides is 1. The van der Waals surface area contributed by atoms with Gasteiger partial charge in [0.25, 0.3) is 0 Å². The quantitative estimate of drug-likeness (QED) is 0.661. The molecule has 0 bridgehead atoms. The number of aliphatic hydroxyl groups is 1. The van der Waals surface area contributed by atoms with Gasteiger partial charge in [-0.05, 0) is 41.7 Å². The van der Waals surface area contributed by atoms with Crippen molar-refractivity contribution < 1.29 is 23.1 Å². The molecule has 30 heavy (non-hydrogen) atoms. The van der Waals surface area contributed by atoms with Crippen molar-refractivity contribution in [1.82, 2.24) is 4.31 Å². The van der Waals surface area contributed by atoms with Crippen LogP contribution in [0.5, 0.6) is 0 Å². The zero-order valence-corrected chi connectivity index (χ0v) is 18.2. The van der Waals surface area contributed by atoms with E-state index < -0.39 is 34.0 Å². The molecule has 8 heteroatoms. The predicted molar refractivity (Wildman–Crippen MR) is 115 cm³/mol. The van der Waals surface area contributed by atoms with Crippen LogP contribution in [0.1, 0.15) is 26.7 Å². The van der Waals surface area contributed by atoms with Crippen molar-refractivity contribution in [2.24, 2.45) is 17.6 Å². The van der Waals surface area contributed by atoms with E-state index in [2.05, 4.69) is 0 Å². The minimum Gasteiger partial charge on any atom is -0.390 e. The standard InChI is InChI=1S/C22H30N2O5S/c1-15(2)9-11-24(21(22(23)26)19-10-12-29-14-20(19)25)30(27,28)18-8-7-16-5-3-4-6-17(16)13-18/h3-8,13,15,19-21,25H,9-12,14H2,1-2H3,(H2,23,26). The van der Waals surface area contributed by atoms with Crippen molar-refractivity contribution in [3.63, 3.8) is 0 Å². The summed E-state index contributed by atoms with van der Waals surface area (Å²) < 4.78 is 33.8. The number of nitrogens with two attached hydrogens (primary N) is 1. The number of carbonyl (C=O) groups excluding carboxylic acids is 1. The second kappa shape index (κ2) is 9.43. The summed E-state index contributed by atoms with van der Waals surface area (Å²) in [5.41, 5.74) is 5.71. The normalized spacial score (nSPS) is 21.2. The van der Waals surface area contributed by atoms with Crippen LogP contribution in [0.2, 0.25) is 0 Å². The van der Waals surface area contributed by atoms with Crippen LogP contribution in [0.25, 0.3) is 10.8 Å². The Balaban J connectivity index is 2.06. The third-order valence-electron chi connectivity index (χ3n) is 5.64. The molecule has 3 rings (SSSR count). The minimum absolute atomic E-state index is 0.0580. The molecule has 0 radical (unpaired) electrons. The van der Waals surface area contributed by atoms with Crippen molar-refractivity contribution in [3.05, 3.63) is 42.5 Å². The average molecular weight is 435 g/mol. The highest BCUT2D eigenvalue weighted by Gasteiger charge is 2.43. The highest BCUT2D eigenvalue weighted by atomic mass is 32.2. The van der Waals surface area contributed by atoms with E-state index in [1.54, 1.807) is 18.2 Å². The van der Waals surface area contributed by atoms with E-state index in [1.165, 1.54) is 4.31 Å². The van der Waals surface area contributed by atoms with E-state index in [0.29, 0.717) is 19.4 Å². The lowest BCUT2D eigenvalue weighted by Gasteiger charge is -2.38. The second-order valence-corrected chi connectivity index (χ2v) is 10.1. The highest BCUT2D eigenvalue weighted by molar-refractivity contribution is 7.89. The molecule has 1 aliphatic rings. The summed E-state index contributed by atoms with van der Waals surface area (Å²) in [6.07, 6.45) is -0.0274. The molecule has 0 aromatic heterocycles. The van der Waals surface area contributed by atoms with Crippen LogP contribution in [0, 0.1) is 11.8 Å². The molecule has 0 saturated carbocycles. The molecule has 3 N–H and O–H groups in total. The van der Waals surface area contributed by atoms with Crippen molar-refractivity contribution in [3.8, 4) is 0 Å². The number of sulfonamides is 1. The molecule has 2 aromatic rings. The summed E-state index contributed by atoms with van der Waals surface area (Å²) in [5.74, 6) is -1.14. The van der Waals surface area contributed by atoms with E-state index >= 15 is 0 Å². The number of carbonyl (C=O) groups is 1. The maximum Gasteiger partial charge on any atom is 0.243 e. The van der Waals surface area contributed by atoms with Crippen LogP contribution in [-0.2, 0) is 19.6 Å². The first-order chi connectivity index (χ1) is 14.2. The van der Waals surface area contributed by atoms with Gasteiger partial charge in [-0.15, -0.1) is 0 Å². The lowest BCUT2D eigenvalue weighted by molar-refractivity contribution is -0.129. The van der Waals surface area contributed by atoms with E-state index in [-0.39, 0.29) is 24.0 Å². The van der Waals surface area contributed by atoms with Gasteiger partial charge in [0.1, 0.15) is 6.04 Å². The van der Waals surface area contributed by atoms with Crippen LogP contribution >= 0.6 is 0 Å². The Hall–Kier alpha value is -2.00. The first kappa shape index (κ1) is 22.7. The van der Waals surface area contributed by atoms with Gasteiger partial charge in [-0.1, -0.05) is 44.2 Å². The Morgan fingerprint density at radius 2 is 1.93 bits per heavy atom. The van der Waals surface area contributed by atoms with Gasteiger partial charge in [-0.2, -0.15) is 4.31 Å². The largest absolute Gasteiger partial charge is 0.390 e. The molecule has 1 heterocycles. The second-order valence-electron chi connectivity index (χ2n) is 8.25. The Morgan fingerprint density at radius 1 is 1.23 bits per heavy atom. The summed E-state index contributed by atoms with van der Waals surface area (Å²) in [6.45, 7) is 4.53. The van der Waals surface area contributed by atoms with Crippen molar-refractivity contribution in [1.29, 1.82) is 0 Å². The predicted octanol–water partition coefficient (Wildman–Crippen LogP) is 2.13. The maximum atomic E-state index is 13.7. The van der Waals surface area contributed by atoms with Crippen molar-refractivity contribution in [2.45, 2.75) is 43.7 Å². The van der Waals surface area contributed by atoms with Crippen LogP contribution in [-0.4, -0.2) is 55.6 Å². The molecule has 1 aliphatic heterocycles. The van der Waals surface area contributed by atoms with Gasteiger partial charge in [0.05, 0.1) is 17.6 Å². The van der Waals surface area contributed by atoms with E-state index in [0.717, 1.165) is 10.8 Å². The van der Waals surface area contributed by atoms with Gasteiger partial charge in [0.2, 0.25) is 15.9 Å². The first-order valence-electron chi connectivity index (χ1n) is 10.3. The number of rotatable bonds is 8. The Labute approximate surface area is 177 Å². The molecule has 1 saturated heterocycles. The molecule has 2 aromatic carbocycles. The van der Waals surface area contributed by atoms with Gasteiger partial charge in [-0.25, -0.2) is 8.42 Å². The topological polar surface area (TPSA) is 110 Å². The number of ether oxygens (including phenoxy) is 1. The van der Waals surface area contributed by atoms with E-state index in [4.69, 9.17) is 10.5 Å². The monoisotopic (exact) mass is 434 g/mol. The maximum absolute atomic E-state index is 13.7. The number of hydrogen-bond acceptors (Lipinski definition) is 5. The molecular weight excluding hydrogens is 404 g/mol. The highest BCUT2D eigenvalue weighted by Crippen LogP contribution is 2.30. The fourth-order valence-corrected chi connectivity index (χ4v) is 5.62. The summed E-state index contributed by atoms with van der Waals surface area (Å²) in [6, 6.07) is 11.3.